The predicted molar refractivity (Wildman–Crippen MR) is 102 cm³/mol. The van der Waals surface area contributed by atoms with E-state index in [2.05, 4.69) is 41.4 Å². The minimum absolute atomic E-state index is 0.0362. The number of urea groups is 1. The zero-order valence-electron chi connectivity index (χ0n) is 15.1. The van der Waals surface area contributed by atoms with Crippen LogP contribution in [0.15, 0.2) is 39.8 Å². The summed E-state index contributed by atoms with van der Waals surface area (Å²) in [5.74, 6) is 0.202. The summed E-state index contributed by atoms with van der Waals surface area (Å²) in [6.45, 7) is 4.57. The average molecular weight is 447 g/mol. The molecule has 3 aromatic heterocycles. The number of anilines is 1. The van der Waals surface area contributed by atoms with E-state index in [4.69, 9.17) is 4.52 Å². The number of hydrogen-bond donors (Lipinski definition) is 1. The Hall–Kier alpha value is -2.88. The van der Waals surface area contributed by atoms with Crippen molar-refractivity contribution in [1.29, 1.82) is 0 Å². The molecule has 3 aromatic rings. The molecule has 4 rings (SSSR count). The molecule has 1 aliphatic heterocycles. The second-order valence-electron chi connectivity index (χ2n) is 7.04. The smallest absolute Gasteiger partial charge is 0.322 e. The third kappa shape index (κ3) is 3.24. The molecule has 0 bridgehead atoms. The van der Waals surface area contributed by atoms with Gasteiger partial charge in [0.25, 0.3) is 0 Å². The van der Waals surface area contributed by atoms with E-state index in [9.17, 15) is 9.18 Å². The average Bonchev–Trinajstić information content (AvgIpc) is 3.11. The van der Waals surface area contributed by atoms with Crippen LogP contribution in [0.3, 0.4) is 0 Å². The van der Waals surface area contributed by atoms with E-state index in [-0.39, 0.29) is 16.8 Å². The second-order valence-corrected chi connectivity index (χ2v) is 7.80. The molecule has 1 N–H and O–H groups in total. The molecule has 0 atom stereocenters. The zero-order valence-corrected chi connectivity index (χ0v) is 16.7. The number of carbonyl (C=O) groups is 1. The van der Waals surface area contributed by atoms with Crippen LogP contribution in [-0.4, -0.2) is 37.6 Å². The lowest BCUT2D eigenvalue weighted by Crippen LogP contribution is -2.46. The summed E-state index contributed by atoms with van der Waals surface area (Å²) < 4.78 is 19.7. The van der Waals surface area contributed by atoms with Gasteiger partial charge >= 0.3 is 6.03 Å². The van der Waals surface area contributed by atoms with Crippen LogP contribution in [0.5, 0.6) is 0 Å². The molecule has 0 fully saturated rings. The Bertz CT molecular complexity index is 1040. The van der Waals surface area contributed by atoms with Gasteiger partial charge in [-0.1, -0.05) is 19.0 Å². The van der Waals surface area contributed by atoms with Crippen LogP contribution < -0.4 is 5.32 Å². The minimum Gasteiger partial charge on any atom is -0.352 e. The molecule has 0 saturated carbocycles. The van der Waals surface area contributed by atoms with Crippen molar-refractivity contribution in [2.75, 3.05) is 11.9 Å². The Morgan fingerprint density at radius 2 is 2.04 bits per heavy atom. The molecule has 10 heteroatoms. The van der Waals surface area contributed by atoms with Gasteiger partial charge < -0.3 is 14.7 Å². The lowest BCUT2D eigenvalue weighted by molar-refractivity contribution is 0.185. The van der Waals surface area contributed by atoms with Gasteiger partial charge in [-0.05, 0) is 28.1 Å². The van der Waals surface area contributed by atoms with Gasteiger partial charge in [-0.2, -0.15) is 0 Å². The van der Waals surface area contributed by atoms with Crippen molar-refractivity contribution in [3.05, 3.63) is 52.4 Å². The van der Waals surface area contributed by atoms with Crippen molar-refractivity contribution in [3.63, 3.8) is 0 Å². The van der Waals surface area contributed by atoms with E-state index >= 15 is 0 Å². The maximum absolute atomic E-state index is 14.2. The number of nitrogens with zero attached hydrogens (tertiary/aromatic N) is 5. The molecule has 2 amide bonds. The Balaban J connectivity index is 1.65. The fourth-order valence-electron chi connectivity index (χ4n) is 3.23. The van der Waals surface area contributed by atoms with Crippen molar-refractivity contribution in [3.8, 4) is 11.6 Å². The summed E-state index contributed by atoms with van der Waals surface area (Å²) in [4.78, 5) is 26.6. The first kappa shape index (κ1) is 18.5. The first-order valence-corrected chi connectivity index (χ1v) is 9.28. The first-order valence-electron chi connectivity index (χ1n) is 8.49. The molecule has 0 aliphatic carbocycles. The van der Waals surface area contributed by atoms with E-state index < -0.39 is 17.3 Å². The monoisotopic (exact) mass is 446 g/mol. The fourth-order valence-corrected chi connectivity index (χ4v) is 3.56. The Labute approximate surface area is 168 Å². The van der Waals surface area contributed by atoms with Gasteiger partial charge in [-0.3, -0.25) is 0 Å². The maximum Gasteiger partial charge on any atom is 0.322 e. The van der Waals surface area contributed by atoms with Crippen LogP contribution >= 0.6 is 15.9 Å². The number of hydrogen-bond acceptors (Lipinski definition) is 6. The van der Waals surface area contributed by atoms with Crippen molar-refractivity contribution < 1.29 is 13.7 Å². The lowest BCUT2D eigenvalue weighted by atomic mass is 9.82. The van der Waals surface area contributed by atoms with Gasteiger partial charge in [0.2, 0.25) is 5.76 Å². The van der Waals surface area contributed by atoms with Gasteiger partial charge in [0.1, 0.15) is 4.60 Å². The Morgan fingerprint density at radius 3 is 2.79 bits per heavy atom. The highest BCUT2D eigenvalue weighted by Gasteiger charge is 2.39. The van der Waals surface area contributed by atoms with E-state index in [1.165, 1.54) is 12.3 Å². The van der Waals surface area contributed by atoms with E-state index in [1.54, 1.807) is 23.4 Å². The quantitative estimate of drug-likeness (QED) is 0.601. The molecule has 0 spiro atoms. The summed E-state index contributed by atoms with van der Waals surface area (Å²) in [6, 6.07) is 2.68. The predicted octanol–water partition coefficient (Wildman–Crippen LogP) is 3.75. The van der Waals surface area contributed by atoms with E-state index in [0.717, 1.165) is 11.3 Å². The second kappa shape index (κ2) is 6.93. The van der Waals surface area contributed by atoms with Gasteiger partial charge in [0.15, 0.2) is 11.6 Å². The number of aromatic nitrogens is 4. The summed E-state index contributed by atoms with van der Waals surface area (Å²) in [6.07, 6.45) is 4.63. The largest absolute Gasteiger partial charge is 0.352 e. The van der Waals surface area contributed by atoms with Crippen molar-refractivity contribution in [1.82, 2.24) is 25.0 Å². The highest BCUT2D eigenvalue weighted by Crippen LogP contribution is 2.37. The number of rotatable bonds is 2. The summed E-state index contributed by atoms with van der Waals surface area (Å²) in [5.41, 5.74) is 1.09. The minimum atomic E-state index is -0.629. The number of pyridine rings is 1. The number of halogens is 2. The highest BCUT2D eigenvalue weighted by molar-refractivity contribution is 9.10. The molecule has 28 heavy (non-hydrogen) atoms. The molecule has 144 valence electrons. The van der Waals surface area contributed by atoms with Crippen LogP contribution in [0.1, 0.15) is 25.1 Å². The van der Waals surface area contributed by atoms with Crippen LogP contribution in [0, 0.1) is 5.82 Å². The summed E-state index contributed by atoms with van der Waals surface area (Å²) in [7, 11) is 0. The maximum atomic E-state index is 14.2. The van der Waals surface area contributed by atoms with Crippen LogP contribution in [0.2, 0.25) is 0 Å². The molecule has 0 aromatic carbocycles. The van der Waals surface area contributed by atoms with Gasteiger partial charge in [-0.15, -0.1) is 0 Å². The van der Waals surface area contributed by atoms with Gasteiger partial charge in [0, 0.05) is 36.1 Å². The number of amides is 2. The molecule has 1 aliphatic rings. The van der Waals surface area contributed by atoms with Gasteiger partial charge in [0.05, 0.1) is 17.9 Å². The van der Waals surface area contributed by atoms with Crippen LogP contribution in [0.25, 0.3) is 11.6 Å². The van der Waals surface area contributed by atoms with Crippen LogP contribution in [-0.2, 0) is 12.0 Å². The lowest BCUT2D eigenvalue weighted by Gasteiger charge is -2.36. The highest BCUT2D eigenvalue weighted by atomic mass is 79.9. The summed E-state index contributed by atoms with van der Waals surface area (Å²) in [5, 5.41) is 6.80. The third-order valence-corrected chi connectivity index (χ3v) is 5.06. The standard InChI is InChI=1S/C18H16BrFN6O2/c1-18(2)9-26(17(27)24-11-4-7-21-15(19)12(11)20)8-10-13(28-25-14(10)18)16-22-5-3-6-23-16/h3-7H,8-9H2,1-2H3,(H,21,24,27). The van der Waals surface area contributed by atoms with Gasteiger partial charge in [-0.25, -0.2) is 24.1 Å². The molecular weight excluding hydrogens is 431 g/mol. The van der Waals surface area contributed by atoms with Crippen LogP contribution in [0.4, 0.5) is 14.9 Å². The normalized spacial score (nSPS) is 15.2. The summed E-state index contributed by atoms with van der Waals surface area (Å²) >= 11 is 3.02. The molecule has 0 unspecified atom stereocenters. The Kier molecular flexibility index (Phi) is 4.58. The number of carbonyl (C=O) groups excluding carboxylic acids is 1. The molecule has 8 nitrogen and oxygen atoms in total. The molecule has 4 heterocycles. The molecular formula is C18H16BrFN6O2. The Morgan fingerprint density at radius 1 is 1.29 bits per heavy atom. The van der Waals surface area contributed by atoms with Crippen molar-refractivity contribution >= 4 is 27.6 Å². The zero-order chi connectivity index (χ0) is 19.9. The first-order chi connectivity index (χ1) is 13.4. The fraction of sp³-hybridized carbons (Fsp3) is 0.278. The van der Waals surface area contributed by atoms with E-state index in [1.807, 2.05) is 13.8 Å². The molecule has 0 radical (unpaired) electrons. The third-order valence-electron chi connectivity index (χ3n) is 4.51. The van der Waals surface area contributed by atoms with E-state index in [0.29, 0.717) is 18.1 Å². The SMILES string of the molecule is CC1(C)CN(C(=O)Nc2ccnc(Br)c2F)Cc2c1noc2-c1ncccn1. The molecule has 0 saturated heterocycles. The topological polar surface area (TPSA) is 97.0 Å². The number of fused-ring (bicyclic) bond motifs is 1. The number of nitrogens with one attached hydrogen (secondary N) is 1. The van der Waals surface area contributed by atoms with Crippen molar-refractivity contribution in [2.24, 2.45) is 0 Å². The van der Waals surface area contributed by atoms with Crippen molar-refractivity contribution in [2.45, 2.75) is 25.8 Å².